The summed E-state index contributed by atoms with van der Waals surface area (Å²) >= 11 is 0. The standard InChI is InChI=1S/C17H29N3O.2ClH/c1-5-7-12-20(4)16-10-8-15(9-11-16)17(21)19-13-14(3)18-6-2;;/h8-11,14,18H,5-7,12-13H2,1-4H3,(H,19,21);2*1H/t14-;;/m1../s1. The van der Waals surface area contributed by atoms with E-state index < -0.39 is 0 Å². The number of hydrogen-bond donors (Lipinski definition) is 2. The highest BCUT2D eigenvalue weighted by atomic mass is 35.5. The van der Waals surface area contributed by atoms with E-state index in [4.69, 9.17) is 0 Å². The van der Waals surface area contributed by atoms with Crippen LogP contribution >= 0.6 is 24.8 Å². The average Bonchev–Trinajstić information content (AvgIpc) is 2.50. The summed E-state index contributed by atoms with van der Waals surface area (Å²) in [6.07, 6.45) is 2.37. The molecule has 0 aromatic heterocycles. The van der Waals surface area contributed by atoms with Gasteiger partial charge in [-0.2, -0.15) is 0 Å². The van der Waals surface area contributed by atoms with E-state index in [1.807, 2.05) is 24.3 Å². The summed E-state index contributed by atoms with van der Waals surface area (Å²) in [4.78, 5) is 14.3. The molecule has 6 heteroatoms. The first-order chi connectivity index (χ1) is 10.1. The minimum atomic E-state index is -0.0116. The van der Waals surface area contributed by atoms with Gasteiger partial charge in [-0.1, -0.05) is 20.3 Å². The molecular weight excluding hydrogens is 333 g/mol. The van der Waals surface area contributed by atoms with Gasteiger partial charge >= 0.3 is 0 Å². The monoisotopic (exact) mass is 363 g/mol. The van der Waals surface area contributed by atoms with Crippen LogP contribution in [-0.2, 0) is 0 Å². The zero-order valence-corrected chi connectivity index (χ0v) is 16.2. The fourth-order valence-electron chi connectivity index (χ4n) is 2.16. The Morgan fingerprint density at radius 1 is 1.17 bits per heavy atom. The maximum Gasteiger partial charge on any atom is 0.251 e. The molecule has 23 heavy (non-hydrogen) atoms. The van der Waals surface area contributed by atoms with Crippen molar-refractivity contribution in [2.75, 3.05) is 31.6 Å². The third kappa shape index (κ3) is 9.04. The van der Waals surface area contributed by atoms with Crippen LogP contribution in [0, 0.1) is 0 Å². The third-order valence-electron chi connectivity index (χ3n) is 3.54. The second-order valence-electron chi connectivity index (χ2n) is 5.49. The second-order valence-corrected chi connectivity index (χ2v) is 5.49. The molecule has 1 rings (SSSR count). The van der Waals surface area contributed by atoms with E-state index in [0.717, 1.165) is 18.8 Å². The number of halogens is 2. The summed E-state index contributed by atoms with van der Waals surface area (Å²) in [6.45, 7) is 8.92. The summed E-state index contributed by atoms with van der Waals surface area (Å²) < 4.78 is 0. The first-order valence-corrected chi connectivity index (χ1v) is 7.91. The Hall–Kier alpha value is -0.970. The van der Waals surface area contributed by atoms with Gasteiger partial charge in [-0.05, 0) is 44.2 Å². The van der Waals surface area contributed by atoms with Crippen molar-refractivity contribution in [3.8, 4) is 0 Å². The molecule has 0 bridgehead atoms. The lowest BCUT2D eigenvalue weighted by atomic mass is 10.1. The lowest BCUT2D eigenvalue weighted by molar-refractivity contribution is 0.0950. The van der Waals surface area contributed by atoms with Crippen molar-refractivity contribution in [2.45, 2.75) is 39.7 Å². The maximum absolute atomic E-state index is 12.1. The van der Waals surface area contributed by atoms with E-state index in [-0.39, 0.29) is 30.7 Å². The van der Waals surface area contributed by atoms with E-state index in [2.05, 4.69) is 43.4 Å². The Labute approximate surface area is 153 Å². The maximum atomic E-state index is 12.1. The number of rotatable bonds is 9. The van der Waals surface area contributed by atoms with Crippen molar-refractivity contribution in [1.82, 2.24) is 10.6 Å². The molecule has 134 valence electrons. The van der Waals surface area contributed by atoms with Crippen LogP contribution in [0.4, 0.5) is 5.69 Å². The molecule has 1 amide bonds. The summed E-state index contributed by atoms with van der Waals surface area (Å²) in [6, 6.07) is 8.10. The molecule has 0 fully saturated rings. The minimum Gasteiger partial charge on any atom is -0.375 e. The summed E-state index contributed by atoms with van der Waals surface area (Å²) in [5.74, 6) is -0.0116. The Morgan fingerprint density at radius 2 is 1.78 bits per heavy atom. The van der Waals surface area contributed by atoms with Crippen LogP contribution in [0.25, 0.3) is 0 Å². The largest absolute Gasteiger partial charge is 0.375 e. The molecule has 0 aliphatic heterocycles. The average molecular weight is 364 g/mol. The molecule has 0 unspecified atom stereocenters. The number of anilines is 1. The number of likely N-dealkylation sites (N-methyl/N-ethyl adjacent to an activating group) is 1. The molecule has 1 atom stereocenters. The van der Waals surface area contributed by atoms with Crippen molar-refractivity contribution < 1.29 is 4.79 Å². The van der Waals surface area contributed by atoms with Crippen molar-refractivity contribution in [2.24, 2.45) is 0 Å². The van der Waals surface area contributed by atoms with Gasteiger partial charge in [-0.25, -0.2) is 0 Å². The van der Waals surface area contributed by atoms with Gasteiger partial charge in [-0.3, -0.25) is 4.79 Å². The van der Waals surface area contributed by atoms with Gasteiger partial charge < -0.3 is 15.5 Å². The van der Waals surface area contributed by atoms with Crippen LogP contribution in [0.1, 0.15) is 44.0 Å². The Kier molecular flexibility index (Phi) is 14.2. The van der Waals surface area contributed by atoms with Crippen LogP contribution < -0.4 is 15.5 Å². The van der Waals surface area contributed by atoms with E-state index in [0.29, 0.717) is 18.2 Å². The first kappa shape index (κ1) is 24.3. The molecule has 2 N–H and O–H groups in total. The molecule has 0 saturated carbocycles. The van der Waals surface area contributed by atoms with E-state index in [1.165, 1.54) is 12.8 Å². The number of carbonyl (C=O) groups excluding carboxylic acids is 1. The number of amides is 1. The van der Waals surface area contributed by atoms with Crippen molar-refractivity contribution in [3.63, 3.8) is 0 Å². The zero-order valence-electron chi connectivity index (χ0n) is 14.6. The topological polar surface area (TPSA) is 44.4 Å². The molecule has 0 saturated heterocycles. The predicted octanol–water partition coefficient (Wildman–Crippen LogP) is 3.49. The van der Waals surface area contributed by atoms with Gasteiger partial charge in [0.1, 0.15) is 0 Å². The highest BCUT2D eigenvalue weighted by molar-refractivity contribution is 5.94. The normalized spacial score (nSPS) is 11.0. The molecule has 0 aliphatic rings. The van der Waals surface area contributed by atoms with Gasteiger partial charge in [0.15, 0.2) is 0 Å². The quantitative estimate of drug-likeness (QED) is 0.705. The van der Waals surface area contributed by atoms with Gasteiger partial charge in [0.05, 0.1) is 0 Å². The molecule has 0 heterocycles. The highest BCUT2D eigenvalue weighted by Gasteiger charge is 2.08. The van der Waals surface area contributed by atoms with Crippen molar-refractivity contribution in [3.05, 3.63) is 29.8 Å². The van der Waals surface area contributed by atoms with Gasteiger partial charge in [0.2, 0.25) is 0 Å². The van der Waals surface area contributed by atoms with E-state index in [1.54, 1.807) is 0 Å². The molecule has 1 aromatic carbocycles. The van der Waals surface area contributed by atoms with Gasteiger partial charge in [0, 0.05) is 37.4 Å². The number of benzene rings is 1. The Balaban J connectivity index is 0. The summed E-state index contributed by atoms with van der Waals surface area (Å²) in [7, 11) is 2.09. The number of unbranched alkanes of at least 4 members (excludes halogenated alkanes) is 1. The first-order valence-electron chi connectivity index (χ1n) is 7.91. The fraction of sp³-hybridized carbons (Fsp3) is 0.588. The lowest BCUT2D eigenvalue weighted by Crippen LogP contribution is -2.38. The van der Waals surface area contributed by atoms with E-state index >= 15 is 0 Å². The predicted molar refractivity (Wildman–Crippen MR) is 105 cm³/mol. The number of carbonyl (C=O) groups is 1. The minimum absolute atomic E-state index is 0. The molecule has 1 aromatic rings. The fourth-order valence-corrected chi connectivity index (χ4v) is 2.16. The molecule has 0 radical (unpaired) electrons. The Bertz CT molecular complexity index is 426. The molecule has 0 aliphatic carbocycles. The van der Waals surface area contributed by atoms with Crippen molar-refractivity contribution >= 4 is 36.4 Å². The molecule has 4 nitrogen and oxygen atoms in total. The van der Waals surface area contributed by atoms with Crippen molar-refractivity contribution in [1.29, 1.82) is 0 Å². The number of hydrogen-bond acceptors (Lipinski definition) is 3. The SMILES string of the molecule is CCCCN(C)c1ccc(C(=O)NC[C@@H](C)NCC)cc1.Cl.Cl. The summed E-state index contributed by atoms with van der Waals surface area (Å²) in [5, 5.41) is 6.23. The molecule has 0 spiro atoms. The molecular formula is C17H31Cl2N3O. The smallest absolute Gasteiger partial charge is 0.251 e. The highest BCUT2D eigenvalue weighted by Crippen LogP contribution is 2.14. The van der Waals surface area contributed by atoms with Crippen LogP contribution in [0.2, 0.25) is 0 Å². The summed E-state index contributed by atoms with van der Waals surface area (Å²) in [5.41, 5.74) is 1.87. The van der Waals surface area contributed by atoms with Crippen LogP contribution in [-0.4, -0.2) is 38.6 Å². The Morgan fingerprint density at radius 3 is 2.30 bits per heavy atom. The lowest BCUT2D eigenvalue weighted by Gasteiger charge is -2.19. The van der Waals surface area contributed by atoms with Crippen LogP contribution in [0.3, 0.4) is 0 Å². The van der Waals surface area contributed by atoms with Gasteiger partial charge in [0.25, 0.3) is 5.91 Å². The third-order valence-corrected chi connectivity index (χ3v) is 3.54. The number of nitrogens with one attached hydrogen (secondary N) is 2. The second kappa shape index (κ2) is 13.5. The van der Waals surface area contributed by atoms with Crippen LogP contribution in [0.5, 0.6) is 0 Å². The van der Waals surface area contributed by atoms with E-state index in [9.17, 15) is 4.79 Å². The number of nitrogens with zero attached hydrogens (tertiary/aromatic N) is 1. The van der Waals surface area contributed by atoms with Gasteiger partial charge in [-0.15, -0.1) is 24.8 Å². The van der Waals surface area contributed by atoms with Crippen LogP contribution in [0.15, 0.2) is 24.3 Å². The zero-order chi connectivity index (χ0) is 15.7.